The van der Waals surface area contributed by atoms with E-state index in [4.69, 9.17) is 5.73 Å². The molecule has 0 aliphatic rings. The minimum absolute atomic E-state index is 0.0955. The Hall–Kier alpha value is -1.56. The lowest BCUT2D eigenvalue weighted by atomic mass is 10.0. The molecule has 0 heterocycles. The Balaban J connectivity index is 2.99. The molecule has 3 N–H and O–H groups in total. The molecule has 0 saturated heterocycles. The second-order valence-corrected chi connectivity index (χ2v) is 4.10. The van der Waals surface area contributed by atoms with Crippen LogP contribution in [0.5, 0.6) is 0 Å². The highest BCUT2D eigenvalue weighted by atomic mass is 19.4. The van der Waals surface area contributed by atoms with Gasteiger partial charge in [-0.15, -0.1) is 0 Å². The van der Waals surface area contributed by atoms with E-state index >= 15 is 0 Å². The van der Waals surface area contributed by atoms with Crippen LogP contribution in [-0.2, 0) is 11.0 Å². The van der Waals surface area contributed by atoms with Crippen LogP contribution >= 0.6 is 0 Å². The van der Waals surface area contributed by atoms with E-state index in [1.807, 2.05) is 0 Å². The Bertz CT molecular complexity index is 432. The summed E-state index contributed by atoms with van der Waals surface area (Å²) in [7, 11) is 0. The van der Waals surface area contributed by atoms with E-state index in [-0.39, 0.29) is 5.56 Å². The highest BCUT2D eigenvalue weighted by molar-refractivity contribution is 5.79. The summed E-state index contributed by atoms with van der Waals surface area (Å²) in [5.74, 6) is -0.605. The highest BCUT2D eigenvalue weighted by Crippen LogP contribution is 2.34. The van der Waals surface area contributed by atoms with Gasteiger partial charge in [-0.1, -0.05) is 18.2 Å². The first-order chi connectivity index (χ1) is 8.23. The Morgan fingerprint density at radius 1 is 1.28 bits per heavy atom. The summed E-state index contributed by atoms with van der Waals surface area (Å²) in [6.45, 7) is 3.07. The van der Waals surface area contributed by atoms with Gasteiger partial charge in [-0.3, -0.25) is 10.1 Å². The molecule has 2 atom stereocenters. The summed E-state index contributed by atoms with van der Waals surface area (Å²) in [5.41, 5.74) is 4.45. The monoisotopic (exact) mass is 260 g/mol. The molecule has 3 nitrogen and oxygen atoms in total. The third-order valence-electron chi connectivity index (χ3n) is 2.66. The Kier molecular flexibility index (Phi) is 4.34. The molecule has 0 fully saturated rings. The van der Waals surface area contributed by atoms with Crippen molar-refractivity contribution >= 4 is 5.91 Å². The second-order valence-electron chi connectivity index (χ2n) is 4.10. The zero-order chi connectivity index (χ0) is 13.9. The molecule has 1 aromatic rings. The van der Waals surface area contributed by atoms with Crippen LogP contribution in [0.25, 0.3) is 0 Å². The molecule has 0 bridgehead atoms. The van der Waals surface area contributed by atoms with Gasteiger partial charge >= 0.3 is 6.18 Å². The van der Waals surface area contributed by atoms with Gasteiger partial charge in [0, 0.05) is 6.04 Å². The largest absolute Gasteiger partial charge is 0.416 e. The fourth-order valence-electron chi connectivity index (χ4n) is 1.68. The summed E-state index contributed by atoms with van der Waals surface area (Å²) < 4.78 is 38.4. The third kappa shape index (κ3) is 3.46. The fourth-order valence-corrected chi connectivity index (χ4v) is 1.68. The maximum absolute atomic E-state index is 12.8. The van der Waals surface area contributed by atoms with Crippen molar-refractivity contribution in [1.82, 2.24) is 5.32 Å². The van der Waals surface area contributed by atoms with E-state index in [1.165, 1.54) is 25.1 Å². The molecule has 1 aromatic carbocycles. The Labute approximate surface area is 103 Å². The Morgan fingerprint density at radius 3 is 2.33 bits per heavy atom. The lowest BCUT2D eigenvalue weighted by Gasteiger charge is -2.21. The topological polar surface area (TPSA) is 55.1 Å². The van der Waals surface area contributed by atoms with Crippen molar-refractivity contribution in [3.63, 3.8) is 0 Å². The SMILES string of the molecule is CC(NC(C)c1ccccc1C(F)(F)F)C(N)=O. The van der Waals surface area contributed by atoms with E-state index in [1.54, 1.807) is 6.92 Å². The molecule has 18 heavy (non-hydrogen) atoms. The number of halogens is 3. The number of nitrogens with two attached hydrogens (primary N) is 1. The average molecular weight is 260 g/mol. The average Bonchev–Trinajstić information content (AvgIpc) is 2.27. The second kappa shape index (κ2) is 5.39. The molecule has 0 aromatic heterocycles. The zero-order valence-corrected chi connectivity index (χ0v) is 10.1. The summed E-state index contributed by atoms with van der Waals surface area (Å²) >= 11 is 0. The molecular weight excluding hydrogens is 245 g/mol. The van der Waals surface area contributed by atoms with Gasteiger partial charge in [0.15, 0.2) is 0 Å². The molecule has 0 aliphatic carbocycles. The van der Waals surface area contributed by atoms with E-state index in [9.17, 15) is 18.0 Å². The molecular formula is C12H15F3N2O. The number of benzene rings is 1. The molecule has 6 heteroatoms. The van der Waals surface area contributed by atoms with Crippen LogP contribution in [0.15, 0.2) is 24.3 Å². The van der Waals surface area contributed by atoms with Crippen molar-refractivity contribution in [2.45, 2.75) is 32.1 Å². The van der Waals surface area contributed by atoms with Gasteiger partial charge in [0.1, 0.15) is 0 Å². The number of alkyl halides is 3. The molecule has 1 rings (SSSR count). The first kappa shape index (κ1) is 14.5. The standard InChI is InChI=1S/C12H15F3N2O/c1-7(17-8(2)11(16)18)9-5-3-4-6-10(9)12(13,14)15/h3-8,17H,1-2H3,(H2,16,18). The third-order valence-corrected chi connectivity index (χ3v) is 2.66. The van der Waals surface area contributed by atoms with Gasteiger partial charge in [-0.2, -0.15) is 13.2 Å². The van der Waals surface area contributed by atoms with E-state index < -0.39 is 29.7 Å². The van der Waals surface area contributed by atoms with Crippen LogP contribution in [-0.4, -0.2) is 11.9 Å². The van der Waals surface area contributed by atoms with Crippen LogP contribution in [0.1, 0.15) is 31.0 Å². The summed E-state index contributed by atoms with van der Waals surface area (Å²) in [6.07, 6.45) is -4.41. The predicted molar refractivity (Wildman–Crippen MR) is 61.7 cm³/mol. The molecule has 0 spiro atoms. The Morgan fingerprint density at radius 2 is 1.83 bits per heavy atom. The minimum atomic E-state index is -4.41. The van der Waals surface area contributed by atoms with Crippen molar-refractivity contribution in [1.29, 1.82) is 0 Å². The van der Waals surface area contributed by atoms with Gasteiger partial charge in [0.05, 0.1) is 11.6 Å². The van der Waals surface area contributed by atoms with Gasteiger partial charge in [0.25, 0.3) is 0 Å². The van der Waals surface area contributed by atoms with Crippen LogP contribution in [0.4, 0.5) is 13.2 Å². The summed E-state index contributed by atoms with van der Waals surface area (Å²) in [5, 5.41) is 2.73. The van der Waals surface area contributed by atoms with Crippen LogP contribution < -0.4 is 11.1 Å². The minimum Gasteiger partial charge on any atom is -0.368 e. The van der Waals surface area contributed by atoms with Crippen molar-refractivity contribution in [3.8, 4) is 0 Å². The van der Waals surface area contributed by atoms with Crippen molar-refractivity contribution in [3.05, 3.63) is 35.4 Å². The van der Waals surface area contributed by atoms with Crippen molar-refractivity contribution in [2.24, 2.45) is 5.73 Å². The number of nitrogens with one attached hydrogen (secondary N) is 1. The van der Waals surface area contributed by atoms with Gasteiger partial charge in [-0.05, 0) is 25.5 Å². The number of carbonyl (C=O) groups is 1. The van der Waals surface area contributed by atoms with E-state index in [0.717, 1.165) is 6.07 Å². The molecule has 2 unspecified atom stereocenters. The van der Waals surface area contributed by atoms with Gasteiger partial charge in [-0.25, -0.2) is 0 Å². The number of primary amides is 1. The number of rotatable bonds is 4. The zero-order valence-electron chi connectivity index (χ0n) is 10.1. The molecule has 100 valence electrons. The van der Waals surface area contributed by atoms with Crippen molar-refractivity contribution in [2.75, 3.05) is 0 Å². The van der Waals surface area contributed by atoms with Gasteiger partial charge < -0.3 is 5.73 Å². The van der Waals surface area contributed by atoms with Crippen LogP contribution in [0.3, 0.4) is 0 Å². The molecule has 1 amide bonds. The molecule has 0 aliphatic heterocycles. The number of carbonyl (C=O) groups excluding carboxylic acids is 1. The van der Waals surface area contributed by atoms with Crippen LogP contribution in [0, 0.1) is 0 Å². The lowest BCUT2D eigenvalue weighted by Crippen LogP contribution is -2.40. The first-order valence-electron chi connectivity index (χ1n) is 5.45. The van der Waals surface area contributed by atoms with Crippen LogP contribution in [0.2, 0.25) is 0 Å². The molecule has 0 radical (unpaired) electrons. The maximum Gasteiger partial charge on any atom is 0.416 e. The fraction of sp³-hybridized carbons (Fsp3) is 0.417. The maximum atomic E-state index is 12.8. The predicted octanol–water partition coefficient (Wildman–Crippen LogP) is 2.23. The lowest BCUT2D eigenvalue weighted by molar-refractivity contribution is -0.138. The quantitative estimate of drug-likeness (QED) is 0.872. The molecule has 0 saturated carbocycles. The number of hydrogen-bond donors (Lipinski definition) is 2. The van der Waals surface area contributed by atoms with Gasteiger partial charge in [0.2, 0.25) is 5.91 Å². The highest BCUT2D eigenvalue weighted by Gasteiger charge is 2.34. The summed E-state index contributed by atoms with van der Waals surface area (Å²) in [4.78, 5) is 10.9. The number of hydrogen-bond acceptors (Lipinski definition) is 2. The first-order valence-corrected chi connectivity index (χ1v) is 5.45. The van der Waals surface area contributed by atoms with Crippen molar-refractivity contribution < 1.29 is 18.0 Å². The smallest absolute Gasteiger partial charge is 0.368 e. The van der Waals surface area contributed by atoms with E-state index in [0.29, 0.717) is 0 Å². The summed E-state index contributed by atoms with van der Waals surface area (Å²) in [6, 6.07) is 3.94. The number of amides is 1. The van der Waals surface area contributed by atoms with E-state index in [2.05, 4.69) is 5.32 Å². The normalized spacial score (nSPS) is 15.2.